The molecule has 3 heterocycles. The zero-order chi connectivity index (χ0) is 14.6. The van der Waals surface area contributed by atoms with Crippen molar-refractivity contribution in [3.8, 4) is 22.8 Å². The minimum Gasteiger partial charge on any atom is -0.507 e. The van der Waals surface area contributed by atoms with Crippen LogP contribution in [-0.4, -0.2) is 41.5 Å². The summed E-state index contributed by atoms with van der Waals surface area (Å²) in [4.78, 5) is 6.61. The Morgan fingerprint density at radius 2 is 2.00 bits per heavy atom. The van der Waals surface area contributed by atoms with Gasteiger partial charge in [-0.2, -0.15) is 0 Å². The quantitative estimate of drug-likeness (QED) is 0.890. The predicted octanol–water partition coefficient (Wildman–Crippen LogP) is 2.20. The molecule has 2 aliphatic heterocycles. The Morgan fingerprint density at radius 3 is 2.67 bits per heavy atom. The highest BCUT2D eigenvalue weighted by Crippen LogP contribution is 2.42. The maximum absolute atomic E-state index is 13.4. The van der Waals surface area contributed by atoms with Crippen molar-refractivity contribution in [1.29, 1.82) is 0 Å². The fourth-order valence-corrected chi connectivity index (χ4v) is 3.59. The molecule has 0 bridgehead atoms. The number of phenols is 2. The monoisotopic (exact) mass is 308 g/mol. The molecule has 21 heavy (non-hydrogen) atoms. The van der Waals surface area contributed by atoms with Gasteiger partial charge in [-0.15, -0.1) is 11.3 Å². The average Bonchev–Trinajstić information content (AvgIpc) is 2.79. The molecule has 0 atom stereocenters. The number of hydrogen-bond acceptors (Lipinski definition) is 6. The zero-order valence-electron chi connectivity index (χ0n) is 11.0. The number of halogens is 1. The minimum absolute atomic E-state index is 0.182. The highest BCUT2D eigenvalue weighted by atomic mass is 32.1. The van der Waals surface area contributed by atoms with Crippen LogP contribution in [0, 0.1) is 11.2 Å². The number of nitrogens with zero attached hydrogens (tertiary/aromatic N) is 2. The molecule has 5 nitrogen and oxygen atoms in total. The Morgan fingerprint density at radius 1 is 1.24 bits per heavy atom. The highest BCUT2D eigenvalue weighted by Gasteiger charge is 2.49. The summed E-state index contributed by atoms with van der Waals surface area (Å²) in [5.74, 6) is -1.52. The Bertz CT molecular complexity index is 706. The first-order chi connectivity index (χ1) is 10.1. The average molecular weight is 308 g/mol. The first-order valence-electron chi connectivity index (χ1n) is 6.56. The van der Waals surface area contributed by atoms with Crippen LogP contribution in [0.5, 0.6) is 11.5 Å². The summed E-state index contributed by atoms with van der Waals surface area (Å²) in [6.07, 6.45) is 0. The maximum Gasteiger partial charge on any atom is 0.185 e. The lowest BCUT2D eigenvalue weighted by Gasteiger charge is -2.54. The summed E-state index contributed by atoms with van der Waals surface area (Å²) in [5, 5.41) is 21.7. The second-order valence-corrected chi connectivity index (χ2v) is 6.52. The summed E-state index contributed by atoms with van der Waals surface area (Å²) >= 11 is 1.46. The van der Waals surface area contributed by atoms with Gasteiger partial charge in [0.15, 0.2) is 16.7 Å². The lowest BCUT2D eigenvalue weighted by molar-refractivity contribution is -0.127. The van der Waals surface area contributed by atoms with Crippen molar-refractivity contribution in [3.63, 3.8) is 0 Å². The van der Waals surface area contributed by atoms with Crippen LogP contribution < -0.4 is 4.90 Å². The molecule has 0 radical (unpaired) electrons. The van der Waals surface area contributed by atoms with E-state index in [1.165, 1.54) is 11.3 Å². The van der Waals surface area contributed by atoms with Crippen LogP contribution in [0.25, 0.3) is 11.3 Å². The number of benzene rings is 1. The largest absolute Gasteiger partial charge is 0.507 e. The molecule has 110 valence electrons. The Balaban J connectivity index is 1.59. The van der Waals surface area contributed by atoms with E-state index in [0.717, 1.165) is 43.6 Å². The van der Waals surface area contributed by atoms with Gasteiger partial charge in [0, 0.05) is 30.1 Å². The van der Waals surface area contributed by atoms with E-state index in [-0.39, 0.29) is 11.3 Å². The van der Waals surface area contributed by atoms with Crippen LogP contribution in [0.15, 0.2) is 17.5 Å². The van der Waals surface area contributed by atoms with E-state index >= 15 is 0 Å². The number of thiazole rings is 1. The number of aromatic nitrogens is 1. The van der Waals surface area contributed by atoms with Gasteiger partial charge in [-0.1, -0.05) is 0 Å². The number of phenolic OH excluding ortho intramolecular Hbond substituents is 2. The van der Waals surface area contributed by atoms with Crippen LogP contribution in [0.4, 0.5) is 9.52 Å². The fourth-order valence-electron chi connectivity index (χ4n) is 2.76. The van der Waals surface area contributed by atoms with Gasteiger partial charge >= 0.3 is 0 Å². The van der Waals surface area contributed by atoms with E-state index < -0.39 is 11.6 Å². The zero-order valence-corrected chi connectivity index (χ0v) is 11.9. The van der Waals surface area contributed by atoms with Crippen LogP contribution in [0.3, 0.4) is 0 Å². The van der Waals surface area contributed by atoms with Crippen molar-refractivity contribution >= 4 is 16.5 Å². The number of anilines is 1. The summed E-state index contributed by atoms with van der Waals surface area (Å²) in [7, 11) is 0. The molecule has 0 aliphatic carbocycles. The van der Waals surface area contributed by atoms with Gasteiger partial charge in [0.2, 0.25) is 0 Å². The van der Waals surface area contributed by atoms with Gasteiger partial charge in [-0.05, 0) is 6.07 Å². The van der Waals surface area contributed by atoms with E-state index in [1.54, 1.807) is 5.38 Å². The number of rotatable bonds is 2. The molecule has 4 rings (SSSR count). The summed E-state index contributed by atoms with van der Waals surface area (Å²) in [6.45, 7) is 3.48. The summed E-state index contributed by atoms with van der Waals surface area (Å²) in [6, 6.07) is 2.09. The molecule has 0 unspecified atom stereocenters. The maximum atomic E-state index is 13.4. The third kappa shape index (κ3) is 1.96. The van der Waals surface area contributed by atoms with Gasteiger partial charge in [0.05, 0.1) is 24.3 Å². The Hall–Kier alpha value is -1.86. The van der Waals surface area contributed by atoms with Gasteiger partial charge in [0.1, 0.15) is 5.75 Å². The minimum atomic E-state index is -0.771. The first kappa shape index (κ1) is 12.8. The van der Waals surface area contributed by atoms with E-state index in [9.17, 15) is 14.6 Å². The Kier molecular flexibility index (Phi) is 2.64. The van der Waals surface area contributed by atoms with Crippen molar-refractivity contribution < 1.29 is 19.3 Å². The normalized spacial score (nSPS) is 19.4. The van der Waals surface area contributed by atoms with Gasteiger partial charge < -0.3 is 19.8 Å². The van der Waals surface area contributed by atoms with E-state index in [0.29, 0.717) is 11.1 Å². The molecule has 1 aromatic heterocycles. The lowest BCUT2D eigenvalue weighted by atomic mass is 9.78. The molecule has 2 aliphatic rings. The SMILES string of the molecule is Oc1cc(O)c(-c2csc(N3CC4(COC4)C3)n2)cc1F. The molecule has 2 aromatic rings. The molecule has 2 N–H and O–H groups in total. The molecule has 7 heteroatoms. The number of hydrogen-bond donors (Lipinski definition) is 2. The number of aromatic hydroxyl groups is 2. The number of ether oxygens (including phenoxy) is 1. The molecular weight excluding hydrogens is 295 g/mol. The smallest absolute Gasteiger partial charge is 0.185 e. The van der Waals surface area contributed by atoms with Crippen molar-refractivity contribution in [1.82, 2.24) is 4.98 Å². The topological polar surface area (TPSA) is 65.8 Å². The lowest BCUT2D eigenvalue weighted by Crippen LogP contribution is -2.66. The molecule has 1 spiro atoms. The molecule has 0 saturated carbocycles. The fraction of sp³-hybridized carbons (Fsp3) is 0.357. The predicted molar refractivity (Wildman–Crippen MR) is 76.3 cm³/mol. The van der Waals surface area contributed by atoms with Crippen molar-refractivity contribution in [2.75, 3.05) is 31.2 Å². The third-order valence-corrected chi connectivity index (χ3v) is 4.87. The van der Waals surface area contributed by atoms with Crippen molar-refractivity contribution in [2.45, 2.75) is 0 Å². The van der Waals surface area contributed by atoms with Gasteiger partial charge in [-0.25, -0.2) is 9.37 Å². The molecule has 0 amide bonds. The van der Waals surface area contributed by atoms with Gasteiger partial charge in [0.25, 0.3) is 0 Å². The third-order valence-electron chi connectivity index (χ3n) is 3.97. The molecule has 1 aromatic carbocycles. The van der Waals surface area contributed by atoms with Crippen LogP contribution in [-0.2, 0) is 4.74 Å². The van der Waals surface area contributed by atoms with E-state index in [1.807, 2.05) is 0 Å². The van der Waals surface area contributed by atoms with Crippen LogP contribution in [0.2, 0.25) is 0 Å². The Labute approximate surface area is 124 Å². The molecular formula is C14H13FN2O3S. The summed E-state index contributed by atoms with van der Waals surface area (Å²) < 4.78 is 18.7. The highest BCUT2D eigenvalue weighted by molar-refractivity contribution is 7.14. The second-order valence-electron chi connectivity index (χ2n) is 5.68. The van der Waals surface area contributed by atoms with Gasteiger partial charge in [-0.3, -0.25) is 0 Å². The van der Waals surface area contributed by atoms with Crippen LogP contribution >= 0.6 is 11.3 Å². The van der Waals surface area contributed by atoms with E-state index in [2.05, 4.69) is 9.88 Å². The van der Waals surface area contributed by atoms with E-state index in [4.69, 9.17) is 4.74 Å². The summed E-state index contributed by atoms with van der Waals surface area (Å²) in [5.41, 5.74) is 1.10. The first-order valence-corrected chi connectivity index (χ1v) is 7.44. The van der Waals surface area contributed by atoms with Crippen molar-refractivity contribution in [3.05, 3.63) is 23.3 Å². The van der Waals surface area contributed by atoms with Crippen LogP contribution in [0.1, 0.15) is 0 Å². The standard InChI is InChI=1S/C14H13FN2O3S/c15-9-1-8(11(18)2-12(9)19)10-3-21-13(16-10)17-4-14(5-17)6-20-7-14/h1-3,18-19H,4-7H2. The molecule has 2 fully saturated rings. The second kappa shape index (κ2) is 4.32. The molecule has 2 saturated heterocycles. The van der Waals surface area contributed by atoms with Crippen molar-refractivity contribution in [2.24, 2.45) is 5.41 Å².